The zero-order valence-corrected chi connectivity index (χ0v) is 13.0. The van der Waals surface area contributed by atoms with Gasteiger partial charge in [0.15, 0.2) is 0 Å². The Hall–Kier alpha value is -1.69. The normalized spacial score (nSPS) is 18.8. The molecule has 1 aliphatic heterocycles. The zero-order valence-electron chi connectivity index (χ0n) is 11.4. The Morgan fingerprint density at radius 3 is 2.76 bits per heavy atom. The van der Waals surface area contributed by atoms with E-state index >= 15 is 0 Å². The van der Waals surface area contributed by atoms with Gasteiger partial charge in [-0.15, -0.1) is 0 Å². The second-order valence-electron chi connectivity index (χ2n) is 5.24. The number of aromatic nitrogens is 2. The fourth-order valence-electron chi connectivity index (χ4n) is 2.70. The first kappa shape index (κ1) is 14.3. The van der Waals surface area contributed by atoms with Crippen molar-refractivity contribution in [3.8, 4) is 0 Å². The molecule has 0 radical (unpaired) electrons. The average Bonchev–Trinajstić information content (AvgIpc) is 2.94. The maximum atomic E-state index is 12.9. The Morgan fingerprint density at radius 1 is 1.33 bits per heavy atom. The average molecular weight is 352 g/mol. The van der Waals surface area contributed by atoms with Gasteiger partial charge in [0.2, 0.25) is 0 Å². The van der Waals surface area contributed by atoms with Crippen LogP contribution in [-0.4, -0.2) is 32.5 Å². The van der Waals surface area contributed by atoms with Gasteiger partial charge in [-0.1, -0.05) is 0 Å². The van der Waals surface area contributed by atoms with Gasteiger partial charge < -0.3 is 4.90 Å². The lowest BCUT2D eigenvalue weighted by atomic mass is 9.95. The molecule has 1 saturated heterocycles. The van der Waals surface area contributed by atoms with Crippen molar-refractivity contribution in [3.05, 3.63) is 53.9 Å². The first-order valence-corrected chi connectivity index (χ1v) is 7.59. The number of hydrogen-bond donors (Lipinski definition) is 0. The van der Waals surface area contributed by atoms with E-state index in [1.54, 1.807) is 9.92 Å². The minimum atomic E-state index is -0.328. The summed E-state index contributed by atoms with van der Waals surface area (Å²) in [5.41, 5.74) is 1.52. The molecule has 2 heterocycles. The Labute approximate surface area is 130 Å². The summed E-state index contributed by atoms with van der Waals surface area (Å²) in [6.45, 7) is 1.39. The van der Waals surface area contributed by atoms with Crippen molar-refractivity contribution < 1.29 is 9.18 Å². The summed E-state index contributed by atoms with van der Waals surface area (Å²) < 4.78 is 14.7. The summed E-state index contributed by atoms with van der Waals surface area (Å²) in [5.74, 6) is -0.120. The quantitative estimate of drug-likeness (QED) is 0.833. The predicted molar refractivity (Wildman–Crippen MR) is 80.8 cm³/mol. The Kier molecular flexibility index (Phi) is 4.05. The SMILES string of the molecule is O=C(c1ccc(F)cc1)N1CCCC(c2cn(Br)cn2)C1. The van der Waals surface area contributed by atoms with Gasteiger partial charge in [-0.3, -0.25) is 8.39 Å². The summed E-state index contributed by atoms with van der Waals surface area (Å²) >= 11 is 3.32. The summed E-state index contributed by atoms with van der Waals surface area (Å²) in [6, 6.07) is 5.71. The second-order valence-corrected chi connectivity index (χ2v) is 6.06. The number of likely N-dealkylation sites (tertiary alicyclic amines) is 1. The second kappa shape index (κ2) is 5.97. The van der Waals surface area contributed by atoms with E-state index < -0.39 is 0 Å². The standard InChI is InChI=1S/C15H15BrFN3O/c16-20-9-14(18-10-20)12-2-1-7-19(8-12)15(21)11-3-5-13(17)6-4-11/h3-6,9-10,12H,1-2,7-8H2. The van der Waals surface area contributed by atoms with Crippen LogP contribution in [0, 0.1) is 5.82 Å². The van der Waals surface area contributed by atoms with Crippen LogP contribution in [0.25, 0.3) is 0 Å². The molecule has 0 bridgehead atoms. The number of hydrogen-bond acceptors (Lipinski definition) is 2. The van der Waals surface area contributed by atoms with Crippen LogP contribution in [0.1, 0.15) is 34.8 Å². The van der Waals surface area contributed by atoms with Crippen LogP contribution in [0.2, 0.25) is 0 Å². The highest BCUT2D eigenvalue weighted by molar-refractivity contribution is 9.08. The largest absolute Gasteiger partial charge is 0.338 e. The number of amides is 1. The third kappa shape index (κ3) is 3.15. The molecular weight excluding hydrogens is 337 g/mol. The van der Waals surface area contributed by atoms with Gasteiger partial charge in [-0.2, -0.15) is 0 Å². The molecular formula is C15H15BrFN3O. The molecule has 1 atom stereocenters. The monoisotopic (exact) mass is 351 g/mol. The minimum Gasteiger partial charge on any atom is -0.338 e. The lowest BCUT2D eigenvalue weighted by Crippen LogP contribution is -2.39. The fourth-order valence-corrected chi connectivity index (χ4v) is 3.01. The van der Waals surface area contributed by atoms with Gasteiger partial charge in [-0.25, -0.2) is 9.37 Å². The van der Waals surface area contributed by atoms with Gasteiger partial charge in [-0.05, 0) is 37.1 Å². The predicted octanol–water partition coefficient (Wildman–Crippen LogP) is 3.20. The van der Waals surface area contributed by atoms with E-state index in [0.29, 0.717) is 12.1 Å². The lowest BCUT2D eigenvalue weighted by molar-refractivity contribution is 0.0706. The van der Waals surface area contributed by atoms with E-state index in [-0.39, 0.29) is 17.6 Å². The third-order valence-electron chi connectivity index (χ3n) is 3.79. The van der Waals surface area contributed by atoms with Crippen LogP contribution in [0.3, 0.4) is 0 Å². The number of halogens is 2. The molecule has 1 aromatic heterocycles. The van der Waals surface area contributed by atoms with Crippen LogP contribution in [0.15, 0.2) is 36.8 Å². The van der Waals surface area contributed by atoms with Gasteiger partial charge in [0.25, 0.3) is 5.91 Å². The minimum absolute atomic E-state index is 0.0435. The molecule has 1 unspecified atom stereocenters. The van der Waals surface area contributed by atoms with Crippen LogP contribution in [-0.2, 0) is 0 Å². The summed E-state index contributed by atoms with van der Waals surface area (Å²) in [6.07, 6.45) is 5.61. The molecule has 1 aliphatic rings. The smallest absolute Gasteiger partial charge is 0.253 e. The number of carbonyl (C=O) groups is 1. The van der Waals surface area contributed by atoms with Crippen LogP contribution < -0.4 is 0 Å². The molecule has 21 heavy (non-hydrogen) atoms. The Morgan fingerprint density at radius 2 is 2.10 bits per heavy atom. The van der Waals surface area contributed by atoms with E-state index in [9.17, 15) is 9.18 Å². The molecule has 2 aromatic rings. The van der Waals surface area contributed by atoms with Crippen molar-refractivity contribution in [1.82, 2.24) is 13.5 Å². The Bertz CT molecular complexity index is 641. The van der Waals surface area contributed by atoms with Crippen molar-refractivity contribution >= 4 is 22.1 Å². The van der Waals surface area contributed by atoms with Crippen LogP contribution in [0.4, 0.5) is 4.39 Å². The highest BCUT2D eigenvalue weighted by atomic mass is 79.9. The van der Waals surface area contributed by atoms with Crippen molar-refractivity contribution in [1.29, 1.82) is 0 Å². The first-order valence-electron chi connectivity index (χ1n) is 6.88. The fraction of sp³-hybridized carbons (Fsp3) is 0.333. The number of imidazole rings is 1. The molecule has 0 saturated carbocycles. The van der Waals surface area contributed by atoms with E-state index in [0.717, 1.165) is 25.1 Å². The summed E-state index contributed by atoms with van der Waals surface area (Å²) in [4.78, 5) is 18.6. The number of piperidine rings is 1. The van der Waals surface area contributed by atoms with Gasteiger partial charge in [0.05, 0.1) is 21.8 Å². The number of benzene rings is 1. The van der Waals surface area contributed by atoms with Crippen molar-refractivity contribution in [2.24, 2.45) is 0 Å². The van der Waals surface area contributed by atoms with Crippen molar-refractivity contribution in [2.45, 2.75) is 18.8 Å². The highest BCUT2D eigenvalue weighted by Gasteiger charge is 2.26. The zero-order chi connectivity index (χ0) is 14.8. The Balaban J connectivity index is 1.73. The number of carbonyl (C=O) groups excluding carboxylic acids is 1. The van der Waals surface area contributed by atoms with Crippen molar-refractivity contribution in [3.63, 3.8) is 0 Å². The van der Waals surface area contributed by atoms with Gasteiger partial charge in [0.1, 0.15) is 12.1 Å². The van der Waals surface area contributed by atoms with Crippen LogP contribution in [0.5, 0.6) is 0 Å². The number of rotatable bonds is 2. The van der Waals surface area contributed by atoms with Gasteiger partial charge >= 0.3 is 0 Å². The van der Waals surface area contributed by atoms with Crippen molar-refractivity contribution in [2.75, 3.05) is 13.1 Å². The topological polar surface area (TPSA) is 38.1 Å². The van der Waals surface area contributed by atoms with E-state index in [1.165, 1.54) is 24.3 Å². The van der Waals surface area contributed by atoms with Crippen LogP contribution >= 0.6 is 16.1 Å². The molecule has 3 rings (SSSR count). The maximum Gasteiger partial charge on any atom is 0.253 e. The third-order valence-corrected chi connectivity index (χ3v) is 4.18. The van der Waals surface area contributed by atoms with E-state index in [4.69, 9.17) is 0 Å². The molecule has 4 nitrogen and oxygen atoms in total. The lowest BCUT2D eigenvalue weighted by Gasteiger charge is -2.32. The maximum absolute atomic E-state index is 12.9. The molecule has 1 aromatic carbocycles. The molecule has 1 amide bonds. The first-order chi connectivity index (χ1) is 10.1. The van der Waals surface area contributed by atoms with E-state index in [2.05, 4.69) is 21.1 Å². The highest BCUT2D eigenvalue weighted by Crippen LogP contribution is 2.27. The van der Waals surface area contributed by atoms with Gasteiger partial charge in [0, 0.05) is 30.8 Å². The summed E-state index contributed by atoms with van der Waals surface area (Å²) in [5, 5.41) is 0. The van der Waals surface area contributed by atoms with E-state index in [1.807, 2.05) is 11.1 Å². The molecule has 110 valence electrons. The molecule has 1 fully saturated rings. The molecule has 6 heteroatoms. The molecule has 0 N–H and O–H groups in total. The summed E-state index contributed by atoms with van der Waals surface area (Å²) in [7, 11) is 0. The molecule has 0 spiro atoms. The molecule has 0 aliphatic carbocycles. The number of nitrogens with zero attached hydrogens (tertiary/aromatic N) is 3.